The number of aromatic amines is 1. The maximum absolute atomic E-state index is 5.23. The van der Waals surface area contributed by atoms with Crippen LogP contribution in [0.25, 0.3) is 22.8 Å². The van der Waals surface area contributed by atoms with Crippen molar-refractivity contribution in [2.24, 2.45) is 0 Å². The summed E-state index contributed by atoms with van der Waals surface area (Å²) in [4.78, 5) is 9.78. The minimum Gasteiger partial charge on any atom is -0.497 e. The summed E-state index contributed by atoms with van der Waals surface area (Å²) >= 11 is 0. The van der Waals surface area contributed by atoms with Crippen LogP contribution in [0, 0.1) is 0 Å². The second kappa shape index (κ2) is 9.98. The van der Waals surface area contributed by atoms with E-state index < -0.39 is 0 Å². The number of aromatic nitrogens is 3. The maximum Gasteiger partial charge on any atom is 0.181 e. The summed E-state index contributed by atoms with van der Waals surface area (Å²) in [6.07, 6.45) is 0. The third-order valence-corrected chi connectivity index (χ3v) is 6.15. The van der Waals surface area contributed by atoms with E-state index in [4.69, 9.17) is 9.72 Å². The van der Waals surface area contributed by atoms with Crippen LogP contribution in [-0.4, -0.2) is 58.3 Å². The SMILES string of the molecule is COc1ccc(-c2nc(-c3cccc(CN4CCN(Cc5ccccc5)CC4)c3)n[nH]2)cc1. The smallest absolute Gasteiger partial charge is 0.181 e. The van der Waals surface area contributed by atoms with Crippen molar-refractivity contribution in [2.45, 2.75) is 13.1 Å². The third-order valence-electron chi connectivity index (χ3n) is 6.15. The summed E-state index contributed by atoms with van der Waals surface area (Å²) in [6, 6.07) is 27.1. The molecule has 2 heterocycles. The maximum atomic E-state index is 5.23. The van der Waals surface area contributed by atoms with Crippen LogP contribution in [0.5, 0.6) is 5.75 Å². The molecule has 1 fully saturated rings. The number of methoxy groups -OCH3 is 1. The molecule has 3 aromatic carbocycles. The molecular weight excluding hydrogens is 410 g/mol. The molecule has 33 heavy (non-hydrogen) atoms. The number of piperazine rings is 1. The average molecular weight is 440 g/mol. The van der Waals surface area contributed by atoms with Gasteiger partial charge in [0.15, 0.2) is 11.6 Å². The zero-order valence-electron chi connectivity index (χ0n) is 18.9. The molecule has 0 radical (unpaired) electrons. The molecule has 4 aromatic rings. The average Bonchev–Trinajstić information content (AvgIpc) is 3.37. The van der Waals surface area contributed by atoms with Crippen LogP contribution in [-0.2, 0) is 13.1 Å². The Hall–Kier alpha value is -3.48. The fraction of sp³-hybridized carbons (Fsp3) is 0.259. The summed E-state index contributed by atoms with van der Waals surface area (Å²) in [5, 5.41) is 7.52. The lowest BCUT2D eigenvalue weighted by molar-refractivity contribution is 0.122. The van der Waals surface area contributed by atoms with Gasteiger partial charge in [-0.1, -0.05) is 48.5 Å². The van der Waals surface area contributed by atoms with Crippen molar-refractivity contribution in [3.8, 4) is 28.5 Å². The van der Waals surface area contributed by atoms with Crippen LogP contribution >= 0.6 is 0 Å². The van der Waals surface area contributed by atoms with E-state index in [1.165, 1.54) is 11.1 Å². The van der Waals surface area contributed by atoms with Gasteiger partial charge in [0.2, 0.25) is 0 Å². The monoisotopic (exact) mass is 439 g/mol. The van der Waals surface area contributed by atoms with Gasteiger partial charge in [-0.15, -0.1) is 0 Å². The molecule has 0 saturated carbocycles. The summed E-state index contributed by atoms with van der Waals surface area (Å²) in [5.74, 6) is 2.30. The lowest BCUT2D eigenvalue weighted by atomic mass is 10.1. The standard InChI is InChI=1S/C27H29N5O/c1-33-25-12-10-23(11-13-25)26-28-27(30-29-26)24-9-5-8-22(18-24)20-32-16-14-31(15-17-32)19-21-6-3-2-4-7-21/h2-13,18H,14-17,19-20H2,1H3,(H,28,29,30). The Morgan fingerprint density at radius 1 is 0.758 bits per heavy atom. The Balaban J connectivity index is 1.20. The number of H-pyrrole nitrogens is 1. The van der Waals surface area contributed by atoms with Crippen LogP contribution in [0.15, 0.2) is 78.9 Å². The van der Waals surface area contributed by atoms with Crippen LogP contribution < -0.4 is 4.74 Å². The highest BCUT2D eigenvalue weighted by Gasteiger charge is 2.17. The Morgan fingerprint density at radius 3 is 2.12 bits per heavy atom. The summed E-state index contributed by atoms with van der Waals surface area (Å²) in [7, 11) is 1.67. The molecule has 0 amide bonds. The molecule has 1 aromatic heterocycles. The minimum absolute atomic E-state index is 0.718. The van der Waals surface area contributed by atoms with Gasteiger partial charge in [0, 0.05) is 50.4 Å². The fourth-order valence-electron chi connectivity index (χ4n) is 4.28. The molecule has 0 unspecified atom stereocenters. The van der Waals surface area contributed by atoms with Gasteiger partial charge in [0.05, 0.1) is 7.11 Å². The number of benzene rings is 3. The van der Waals surface area contributed by atoms with Crippen molar-refractivity contribution < 1.29 is 4.74 Å². The number of hydrogen-bond acceptors (Lipinski definition) is 5. The van der Waals surface area contributed by atoms with E-state index in [0.29, 0.717) is 0 Å². The molecule has 6 nitrogen and oxygen atoms in total. The highest BCUT2D eigenvalue weighted by Crippen LogP contribution is 2.23. The Kier molecular flexibility index (Phi) is 6.46. The van der Waals surface area contributed by atoms with E-state index in [0.717, 1.165) is 67.8 Å². The van der Waals surface area contributed by atoms with Gasteiger partial charge < -0.3 is 4.74 Å². The summed E-state index contributed by atoms with van der Waals surface area (Å²) in [6.45, 7) is 6.34. The van der Waals surface area contributed by atoms with Crippen LogP contribution in [0.4, 0.5) is 0 Å². The lowest BCUT2D eigenvalue weighted by Gasteiger charge is -2.34. The van der Waals surface area contributed by atoms with Crippen molar-refractivity contribution in [1.82, 2.24) is 25.0 Å². The second-order valence-electron chi connectivity index (χ2n) is 8.47. The summed E-state index contributed by atoms with van der Waals surface area (Å²) < 4.78 is 5.23. The largest absolute Gasteiger partial charge is 0.497 e. The zero-order chi connectivity index (χ0) is 22.5. The number of nitrogens with zero attached hydrogens (tertiary/aromatic N) is 4. The third kappa shape index (κ3) is 5.30. The van der Waals surface area contributed by atoms with E-state index in [2.05, 4.69) is 74.6 Å². The lowest BCUT2D eigenvalue weighted by Crippen LogP contribution is -2.45. The van der Waals surface area contributed by atoms with Crippen molar-refractivity contribution in [2.75, 3.05) is 33.3 Å². The van der Waals surface area contributed by atoms with Crippen molar-refractivity contribution in [3.63, 3.8) is 0 Å². The van der Waals surface area contributed by atoms with Crippen molar-refractivity contribution in [1.29, 1.82) is 0 Å². The molecule has 1 saturated heterocycles. The van der Waals surface area contributed by atoms with Gasteiger partial charge in [0.25, 0.3) is 0 Å². The number of nitrogens with one attached hydrogen (secondary N) is 1. The molecular formula is C27H29N5O. The first-order chi connectivity index (χ1) is 16.3. The number of ether oxygens (including phenoxy) is 1. The quantitative estimate of drug-likeness (QED) is 0.461. The van der Waals surface area contributed by atoms with Crippen molar-refractivity contribution in [3.05, 3.63) is 90.0 Å². The van der Waals surface area contributed by atoms with Gasteiger partial charge in [-0.25, -0.2) is 4.98 Å². The van der Waals surface area contributed by atoms with Crippen molar-refractivity contribution >= 4 is 0 Å². The molecule has 0 aliphatic carbocycles. The topological polar surface area (TPSA) is 57.3 Å². The van der Waals surface area contributed by atoms with Gasteiger partial charge in [0.1, 0.15) is 5.75 Å². The van der Waals surface area contributed by atoms with Crippen LogP contribution in [0.3, 0.4) is 0 Å². The molecule has 0 atom stereocenters. The molecule has 6 heteroatoms. The second-order valence-corrected chi connectivity index (χ2v) is 8.47. The minimum atomic E-state index is 0.718. The molecule has 1 aliphatic heterocycles. The molecule has 1 aliphatic rings. The number of hydrogen-bond donors (Lipinski definition) is 1. The molecule has 0 spiro atoms. The predicted molar refractivity (Wildman–Crippen MR) is 131 cm³/mol. The van der Waals surface area contributed by atoms with Crippen LogP contribution in [0.2, 0.25) is 0 Å². The van der Waals surface area contributed by atoms with Gasteiger partial charge >= 0.3 is 0 Å². The van der Waals surface area contributed by atoms with E-state index in [-0.39, 0.29) is 0 Å². The van der Waals surface area contributed by atoms with Gasteiger partial charge in [-0.2, -0.15) is 5.10 Å². The fourth-order valence-corrected chi connectivity index (χ4v) is 4.28. The first-order valence-electron chi connectivity index (χ1n) is 11.4. The van der Waals surface area contributed by atoms with Gasteiger partial charge in [-0.05, 0) is 41.5 Å². The molecule has 168 valence electrons. The van der Waals surface area contributed by atoms with E-state index in [1.807, 2.05) is 24.3 Å². The van der Waals surface area contributed by atoms with E-state index >= 15 is 0 Å². The van der Waals surface area contributed by atoms with Gasteiger partial charge in [-0.3, -0.25) is 14.9 Å². The van der Waals surface area contributed by atoms with E-state index in [9.17, 15) is 0 Å². The first kappa shape index (κ1) is 21.4. The Labute approximate surface area is 194 Å². The summed E-state index contributed by atoms with van der Waals surface area (Å²) in [5.41, 5.74) is 4.70. The highest BCUT2D eigenvalue weighted by atomic mass is 16.5. The zero-order valence-corrected chi connectivity index (χ0v) is 18.9. The Bertz CT molecular complexity index is 1160. The molecule has 0 bridgehead atoms. The molecule has 1 N–H and O–H groups in total. The predicted octanol–water partition coefficient (Wildman–Crippen LogP) is 4.47. The number of rotatable bonds is 7. The Morgan fingerprint density at radius 2 is 1.42 bits per heavy atom. The molecule has 5 rings (SSSR count). The van der Waals surface area contributed by atoms with E-state index in [1.54, 1.807) is 7.11 Å². The highest BCUT2D eigenvalue weighted by molar-refractivity contribution is 5.62. The normalized spacial score (nSPS) is 14.9. The van der Waals surface area contributed by atoms with Crippen LogP contribution in [0.1, 0.15) is 11.1 Å². The first-order valence-corrected chi connectivity index (χ1v) is 11.4.